The Balaban J connectivity index is 2.36. The van der Waals surface area contributed by atoms with Gasteiger partial charge in [-0.2, -0.15) is 0 Å². The molecule has 2 heteroatoms. The van der Waals surface area contributed by atoms with Gasteiger partial charge in [0, 0.05) is 10.9 Å². The summed E-state index contributed by atoms with van der Waals surface area (Å²) < 4.78 is 6.42. The van der Waals surface area contributed by atoms with E-state index in [4.69, 9.17) is 4.74 Å². The summed E-state index contributed by atoms with van der Waals surface area (Å²) in [5.41, 5.74) is 2.47. The van der Waals surface area contributed by atoms with Crippen molar-refractivity contribution >= 4 is 21.5 Å². The van der Waals surface area contributed by atoms with Gasteiger partial charge in [-0.1, -0.05) is 40.2 Å². The molecule has 1 nitrogen and oxygen atoms in total. The van der Waals surface area contributed by atoms with Crippen molar-refractivity contribution in [3.63, 3.8) is 0 Å². The Kier molecular flexibility index (Phi) is 3.27. The smallest absolute Gasteiger partial charge is 0.0964 e. The summed E-state index contributed by atoms with van der Waals surface area (Å²) in [5.74, 6) is 1.06. The van der Waals surface area contributed by atoms with Crippen LogP contribution in [0.25, 0.3) is 5.57 Å². The van der Waals surface area contributed by atoms with Crippen LogP contribution in [-0.4, -0.2) is 7.11 Å². The Labute approximate surface area is 98.6 Å². The van der Waals surface area contributed by atoms with Gasteiger partial charge in [0.05, 0.1) is 12.9 Å². The van der Waals surface area contributed by atoms with Gasteiger partial charge in [-0.15, -0.1) is 0 Å². The van der Waals surface area contributed by atoms with Crippen LogP contribution in [-0.2, 0) is 4.74 Å². The molecular weight excluding hydrogens is 252 g/mol. The van der Waals surface area contributed by atoms with Crippen LogP contribution in [0.2, 0.25) is 0 Å². The number of rotatable bonds is 2. The minimum Gasteiger partial charge on any atom is -0.501 e. The second-order valence-corrected chi connectivity index (χ2v) is 4.35. The predicted octanol–water partition coefficient (Wildman–Crippen LogP) is 4.16. The molecule has 2 rings (SSSR count). The summed E-state index contributed by atoms with van der Waals surface area (Å²) in [4.78, 5) is 0. The molecular formula is C13H13BrO. The summed E-state index contributed by atoms with van der Waals surface area (Å²) in [6.45, 7) is 0. The van der Waals surface area contributed by atoms with Crippen LogP contribution < -0.4 is 0 Å². The highest BCUT2D eigenvalue weighted by molar-refractivity contribution is 9.10. The van der Waals surface area contributed by atoms with Crippen LogP contribution in [0.3, 0.4) is 0 Å². The van der Waals surface area contributed by atoms with Gasteiger partial charge in [0.15, 0.2) is 0 Å². The first kappa shape index (κ1) is 10.5. The first-order valence-corrected chi connectivity index (χ1v) is 5.80. The highest BCUT2D eigenvalue weighted by Gasteiger charge is 2.09. The lowest BCUT2D eigenvalue weighted by Crippen LogP contribution is -1.94. The van der Waals surface area contributed by atoms with E-state index < -0.39 is 0 Å². The summed E-state index contributed by atoms with van der Waals surface area (Å²) >= 11 is 3.56. The third-order valence-corrected chi connectivity index (χ3v) is 3.21. The van der Waals surface area contributed by atoms with E-state index in [0.717, 1.165) is 23.1 Å². The Hall–Kier alpha value is -1.02. The van der Waals surface area contributed by atoms with Crippen molar-refractivity contribution in [1.82, 2.24) is 0 Å². The van der Waals surface area contributed by atoms with Crippen molar-refractivity contribution in [3.8, 4) is 0 Å². The molecule has 1 aromatic rings. The zero-order valence-corrected chi connectivity index (χ0v) is 10.3. The monoisotopic (exact) mass is 264 g/mol. The number of benzene rings is 1. The molecule has 15 heavy (non-hydrogen) atoms. The lowest BCUT2D eigenvalue weighted by molar-refractivity contribution is 0.277. The minimum atomic E-state index is 1.00. The molecule has 1 aromatic carbocycles. The Morgan fingerprint density at radius 1 is 1.27 bits per heavy atom. The maximum Gasteiger partial charge on any atom is 0.0964 e. The molecule has 0 N–H and O–H groups in total. The number of ether oxygens (including phenoxy) is 1. The molecule has 0 amide bonds. The van der Waals surface area contributed by atoms with E-state index in [1.807, 2.05) is 6.07 Å². The average Bonchev–Trinajstić information content (AvgIpc) is 2.30. The maximum absolute atomic E-state index is 5.29. The van der Waals surface area contributed by atoms with E-state index in [9.17, 15) is 0 Å². The predicted molar refractivity (Wildman–Crippen MR) is 66.4 cm³/mol. The first-order chi connectivity index (χ1) is 7.31. The van der Waals surface area contributed by atoms with Crippen LogP contribution in [0.4, 0.5) is 0 Å². The highest BCUT2D eigenvalue weighted by atomic mass is 79.9. The Bertz CT molecular complexity index is 418. The third-order valence-electron chi connectivity index (χ3n) is 2.52. The molecule has 0 bridgehead atoms. The second kappa shape index (κ2) is 4.67. The van der Waals surface area contributed by atoms with Gasteiger partial charge < -0.3 is 4.74 Å². The minimum absolute atomic E-state index is 1.00. The van der Waals surface area contributed by atoms with Gasteiger partial charge in [-0.05, 0) is 29.7 Å². The summed E-state index contributed by atoms with van der Waals surface area (Å²) in [7, 11) is 1.73. The van der Waals surface area contributed by atoms with Crippen LogP contribution in [0.15, 0.2) is 46.6 Å². The first-order valence-electron chi connectivity index (χ1n) is 5.01. The van der Waals surface area contributed by atoms with Crippen LogP contribution in [0.5, 0.6) is 0 Å². The number of halogens is 1. The average molecular weight is 265 g/mol. The number of methoxy groups -OCH3 is 1. The van der Waals surface area contributed by atoms with Crippen molar-refractivity contribution in [2.45, 2.75) is 12.8 Å². The van der Waals surface area contributed by atoms with Crippen molar-refractivity contribution in [1.29, 1.82) is 0 Å². The van der Waals surface area contributed by atoms with E-state index in [0.29, 0.717) is 0 Å². The molecule has 0 aliphatic heterocycles. The lowest BCUT2D eigenvalue weighted by atomic mass is 9.99. The van der Waals surface area contributed by atoms with Crippen LogP contribution in [0.1, 0.15) is 18.4 Å². The van der Waals surface area contributed by atoms with Crippen molar-refractivity contribution in [2.24, 2.45) is 0 Å². The number of allylic oxidation sites excluding steroid dienone is 4. The van der Waals surface area contributed by atoms with E-state index >= 15 is 0 Å². The topological polar surface area (TPSA) is 9.23 Å². The third kappa shape index (κ3) is 2.32. The van der Waals surface area contributed by atoms with Crippen LogP contribution >= 0.6 is 15.9 Å². The Morgan fingerprint density at radius 2 is 2.07 bits per heavy atom. The number of hydrogen-bond donors (Lipinski definition) is 0. The van der Waals surface area contributed by atoms with Gasteiger partial charge in [0.1, 0.15) is 0 Å². The molecule has 0 spiro atoms. The van der Waals surface area contributed by atoms with E-state index in [2.05, 4.69) is 46.3 Å². The number of hydrogen-bond acceptors (Lipinski definition) is 1. The van der Waals surface area contributed by atoms with Gasteiger partial charge in [0.25, 0.3) is 0 Å². The normalized spacial score (nSPS) is 15.6. The molecule has 0 saturated heterocycles. The molecule has 0 unspecified atom stereocenters. The summed E-state index contributed by atoms with van der Waals surface area (Å²) in [5, 5.41) is 0. The maximum atomic E-state index is 5.29. The molecule has 1 aliphatic carbocycles. The fourth-order valence-corrected chi connectivity index (χ4v) is 2.23. The van der Waals surface area contributed by atoms with Crippen molar-refractivity contribution < 1.29 is 4.74 Å². The summed E-state index contributed by atoms with van der Waals surface area (Å²) in [6.07, 6.45) is 6.42. The zero-order chi connectivity index (χ0) is 10.7. The van der Waals surface area contributed by atoms with E-state index in [-0.39, 0.29) is 0 Å². The molecule has 0 heterocycles. The fraction of sp³-hybridized carbons (Fsp3) is 0.231. The van der Waals surface area contributed by atoms with E-state index in [1.165, 1.54) is 11.1 Å². The standard InChI is InChI=1S/C13H13BrO/c1-15-11-6-4-5-10(9-11)12-7-2-3-8-13(12)14/h2-3,5,7-9H,4,6H2,1H3. The largest absolute Gasteiger partial charge is 0.501 e. The second-order valence-electron chi connectivity index (χ2n) is 3.49. The quantitative estimate of drug-likeness (QED) is 0.780. The summed E-state index contributed by atoms with van der Waals surface area (Å²) in [6, 6.07) is 8.25. The van der Waals surface area contributed by atoms with Crippen molar-refractivity contribution in [3.05, 3.63) is 52.2 Å². The molecule has 1 aliphatic rings. The molecule has 78 valence electrons. The van der Waals surface area contributed by atoms with Gasteiger partial charge in [-0.3, -0.25) is 0 Å². The molecule has 0 atom stereocenters. The van der Waals surface area contributed by atoms with Crippen LogP contribution in [0, 0.1) is 0 Å². The Morgan fingerprint density at radius 3 is 2.80 bits per heavy atom. The van der Waals surface area contributed by atoms with Crippen molar-refractivity contribution in [2.75, 3.05) is 7.11 Å². The fourth-order valence-electron chi connectivity index (χ4n) is 1.72. The molecule has 0 fully saturated rings. The molecule has 0 aromatic heterocycles. The van der Waals surface area contributed by atoms with E-state index in [1.54, 1.807) is 7.11 Å². The lowest BCUT2D eigenvalue weighted by Gasteiger charge is -2.13. The highest BCUT2D eigenvalue weighted by Crippen LogP contribution is 2.30. The molecule has 0 saturated carbocycles. The van der Waals surface area contributed by atoms with Gasteiger partial charge in [-0.25, -0.2) is 0 Å². The molecule has 0 radical (unpaired) electrons. The van der Waals surface area contributed by atoms with Gasteiger partial charge >= 0.3 is 0 Å². The van der Waals surface area contributed by atoms with Gasteiger partial charge in [0.2, 0.25) is 0 Å². The zero-order valence-electron chi connectivity index (χ0n) is 8.66. The SMILES string of the molecule is COC1=CC(c2ccccc2Br)=CCC1.